The molecule has 33 heavy (non-hydrogen) atoms. The smallest absolute Gasteiger partial charge is 0.416 e. The predicted molar refractivity (Wildman–Crippen MR) is 117 cm³/mol. The molecule has 0 aliphatic heterocycles. The molecular weight excluding hydrogens is 441 g/mol. The number of hydrogen-bond acceptors (Lipinski definition) is 2. The van der Waals surface area contributed by atoms with Crippen molar-refractivity contribution < 1.29 is 31.2 Å². The van der Waals surface area contributed by atoms with Gasteiger partial charge in [-0.2, -0.15) is 17.6 Å². The Kier molecular flexibility index (Phi) is 8.01. The highest BCUT2D eigenvalue weighted by molar-refractivity contribution is 5.92. The Morgan fingerprint density at radius 3 is 2.42 bits per heavy atom. The Labute approximate surface area is 188 Å². The van der Waals surface area contributed by atoms with Crippen molar-refractivity contribution >= 4 is 12.0 Å². The molecule has 0 radical (unpaired) electrons. The standard InChI is InChI=1S/C25H22F5NO2/c1-6-17-11-18(13-19(12-17)25(28,29)30)22-8-9-23(33-22)24(32)31-16(5)14(3)10-21(27)15(4)20(26)7-2/h6,8-13,16H,1-2H2,3-5H3,(H,31,32). The third kappa shape index (κ3) is 6.43. The van der Waals surface area contributed by atoms with Gasteiger partial charge in [-0.1, -0.05) is 25.0 Å². The molecule has 3 nitrogen and oxygen atoms in total. The van der Waals surface area contributed by atoms with Gasteiger partial charge in [-0.25, -0.2) is 4.39 Å². The first-order valence-corrected chi connectivity index (χ1v) is 9.73. The summed E-state index contributed by atoms with van der Waals surface area (Å²) in [5.74, 6) is -2.51. The van der Waals surface area contributed by atoms with E-state index in [-0.39, 0.29) is 28.2 Å². The van der Waals surface area contributed by atoms with Crippen LogP contribution in [-0.2, 0) is 6.18 Å². The van der Waals surface area contributed by atoms with Crippen LogP contribution in [0, 0.1) is 0 Å². The topological polar surface area (TPSA) is 42.2 Å². The van der Waals surface area contributed by atoms with Gasteiger partial charge < -0.3 is 9.73 Å². The van der Waals surface area contributed by atoms with Crippen LogP contribution in [-0.4, -0.2) is 11.9 Å². The summed E-state index contributed by atoms with van der Waals surface area (Å²) in [4.78, 5) is 12.5. The number of hydrogen-bond donors (Lipinski definition) is 1. The molecule has 0 saturated carbocycles. The van der Waals surface area contributed by atoms with Crippen molar-refractivity contribution in [3.8, 4) is 11.3 Å². The number of amides is 1. The summed E-state index contributed by atoms with van der Waals surface area (Å²) in [6, 6.07) is 5.36. The van der Waals surface area contributed by atoms with Crippen LogP contribution in [0.15, 0.2) is 82.5 Å². The first-order chi connectivity index (χ1) is 15.4. The van der Waals surface area contributed by atoms with Crippen molar-refractivity contribution in [1.29, 1.82) is 0 Å². The average molecular weight is 463 g/mol. The van der Waals surface area contributed by atoms with Crippen LogP contribution in [0.25, 0.3) is 17.4 Å². The van der Waals surface area contributed by atoms with Crippen molar-refractivity contribution in [2.24, 2.45) is 0 Å². The van der Waals surface area contributed by atoms with E-state index in [1.165, 1.54) is 31.2 Å². The zero-order valence-corrected chi connectivity index (χ0v) is 18.2. The monoisotopic (exact) mass is 463 g/mol. The predicted octanol–water partition coefficient (Wildman–Crippen LogP) is 7.55. The first kappa shape index (κ1) is 25.6. The van der Waals surface area contributed by atoms with Crippen LogP contribution >= 0.6 is 0 Å². The highest BCUT2D eigenvalue weighted by Gasteiger charge is 2.31. The molecule has 0 aliphatic rings. The van der Waals surface area contributed by atoms with Gasteiger partial charge in [0.1, 0.15) is 11.6 Å². The number of carbonyl (C=O) groups is 1. The van der Waals surface area contributed by atoms with Gasteiger partial charge in [0.25, 0.3) is 5.91 Å². The summed E-state index contributed by atoms with van der Waals surface area (Å²) in [5, 5.41) is 2.59. The lowest BCUT2D eigenvalue weighted by Crippen LogP contribution is -2.33. The van der Waals surface area contributed by atoms with E-state index < -0.39 is 35.3 Å². The fourth-order valence-corrected chi connectivity index (χ4v) is 2.74. The lowest BCUT2D eigenvalue weighted by atomic mass is 10.0. The van der Waals surface area contributed by atoms with Gasteiger partial charge in [-0.05, 0) is 68.3 Å². The minimum Gasteiger partial charge on any atom is -0.451 e. The van der Waals surface area contributed by atoms with Gasteiger partial charge in [0.2, 0.25) is 0 Å². The van der Waals surface area contributed by atoms with E-state index >= 15 is 0 Å². The molecule has 1 aromatic heterocycles. The first-order valence-electron chi connectivity index (χ1n) is 9.73. The molecule has 1 amide bonds. The number of benzene rings is 1. The molecule has 174 valence electrons. The zero-order valence-electron chi connectivity index (χ0n) is 18.2. The lowest BCUT2D eigenvalue weighted by Gasteiger charge is -2.14. The highest BCUT2D eigenvalue weighted by Crippen LogP contribution is 2.34. The number of carbonyl (C=O) groups excluding carboxylic acids is 1. The lowest BCUT2D eigenvalue weighted by molar-refractivity contribution is -0.137. The summed E-state index contributed by atoms with van der Waals surface area (Å²) in [6.45, 7) is 11.0. The molecule has 2 aromatic rings. The summed E-state index contributed by atoms with van der Waals surface area (Å²) >= 11 is 0. The Hall–Kier alpha value is -3.64. The van der Waals surface area contributed by atoms with E-state index in [2.05, 4.69) is 18.5 Å². The van der Waals surface area contributed by atoms with Crippen molar-refractivity contribution in [2.45, 2.75) is 33.0 Å². The van der Waals surface area contributed by atoms with E-state index in [0.717, 1.165) is 18.2 Å². The molecule has 0 saturated heterocycles. The molecule has 1 unspecified atom stereocenters. The third-order valence-electron chi connectivity index (χ3n) is 4.86. The molecule has 0 fully saturated rings. The zero-order chi connectivity index (χ0) is 24.9. The summed E-state index contributed by atoms with van der Waals surface area (Å²) < 4.78 is 72.5. The summed E-state index contributed by atoms with van der Waals surface area (Å²) in [7, 11) is 0. The molecular formula is C25H22F5NO2. The normalized spacial score (nSPS) is 13.6. The SMILES string of the molecule is C=C=C(F)C(C)=C(F)C=C(C)C(C)NC(=O)c1ccc(-c2cc(C=C)cc(C(F)(F)F)c2)o1. The van der Waals surface area contributed by atoms with Gasteiger partial charge in [0.05, 0.1) is 5.56 Å². The number of nitrogens with one attached hydrogen (secondary N) is 1. The molecule has 0 spiro atoms. The van der Waals surface area contributed by atoms with E-state index in [4.69, 9.17) is 4.42 Å². The minimum atomic E-state index is -4.56. The number of rotatable bonds is 7. The van der Waals surface area contributed by atoms with Gasteiger partial charge in [-0.15, -0.1) is 0 Å². The Bertz CT molecular complexity index is 1180. The van der Waals surface area contributed by atoms with Crippen LogP contribution in [0.2, 0.25) is 0 Å². The number of furan rings is 1. The van der Waals surface area contributed by atoms with E-state index in [9.17, 15) is 26.7 Å². The number of allylic oxidation sites excluding steroid dienone is 4. The fraction of sp³-hybridized carbons (Fsp3) is 0.200. The fourth-order valence-electron chi connectivity index (χ4n) is 2.74. The average Bonchev–Trinajstić information content (AvgIpc) is 3.27. The molecule has 0 bridgehead atoms. The number of halogens is 5. The van der Waals surface area contributed by atoms with Gasteiger partial charge in [0.15, 0.2) is 11.6 Å². The maximum atomic E-state index is 14.1. The quantitative estimate of drug-likeness (QED) is 0.262. The molecule has 1 aromatic carbocycles. The Morgan fingerprint density at radius 2 is 1.85 bits per heavy atom. The minimum absolute atomic E-state index is 0.0607. The molecule has 1 atom stereocenters. The summed E-state index contributed by atoms with van der Waals surface area (Å²) in [5.41, 5.74) is 1.56. The second-order valence-corrected chi connectivity index (χ2v) is 7.26. The highest BCUT2D eigenvalue weighted by atomic mass is 19.4. The van der Waals surface area contributed by atoms with Gasteiger partial charge in [0, 0.05) is 17.2 Å². The van der Waals surface area contributed by atoms with E-state index in [0.29, 0.717) is 5.57 Å². The molecule has 2 rings (SSSR count). The van der Waals surface area contributed by atoms with Crippen LogP contribution in [0.4, 0.5) is 22.0 Å². The third-order valence-corrected chi connectivity index (χ3v) is 4.86. The van der Waals surface area contributed by atoms with Crippen molar-refractivity contribution in [3.05, 3.63) is 95.0 Å². The van der Waals surface area contributed by atoms with Crippen molar-refractivity contribution in [1.82, 2.24) is 5.32 Å². The maximum Gasteiger partial charge on any atom is 0.416 e. The number of alkyl halides is 3. The Morgan fingerprint density at radius 1 is 1.18 bits per heavy atom. The Balaban J connectivity index is 2.25. The van der Waals surface area contributed by atoms with Crippen LogP contribution in [0.5, 0.6) is 0 Å². The largest absolute Gasteiger partial charge is 0.451 e. The van der Waals surface area contributed by atoms with Crippen LogP contribution in [0.1, 0.15) is 42.5 Å². The van der Waals surface area contributed by atoms with E-state index in [1.807, 2.05) is 5.73 Å². The maximum absolute atomic E-state index is 14.1. The second-order valence-electron chi connectivity index (χ2n) is 7.26. The molecule has 8 heteroatoms. The van der Waals surface area contributed by atoms with Crippen LogP contribution in [0.3, 0.4) is 0 Å². The van der Waals surface area contributed by atoms with Gasteiger partial charge >= 0.3 is 6.18 Å². The molecule has 1 heterocycles. The van der Waals surface area contributed by atoms with Gasteiger partial charge in [-0.3, -0.25) is 4.79 Å². The van der Waals surface area contributed by atoms with Crippen molar-refractivity contribution in [3.63, 3.8) is 0 Å². The van der Waals surface area contributed by atoms with Crippen LogP contribution < -0.4 is 5.32 Å². The molecule has 1 N–H and O–H groups in total. The van der Waals surface area contributed by atoms with Crippen molar-refractivity contribution in [2.75, 3.05) is 0 Å². The van der Waals surface area contributed by atoms with E-state index in [1.54, 1.807) is 13.8 Å². The second kappa shape index (κ2) is 10.3. The summed E-state index contributed by atoms with van der Waals surface area (Å²) in [6.07, 6.45) is -2.21. The molecule has 0 aliphatic carbocycles.